The van der Waals surface area contributed by atoms with Crippen molar-refractivity contribution in [2.24, 2.45) is 5.41 Å². The van der Waals surface area contributed by atoms with Gasteiger partial charge >= 0.3 is 0 Å². The Kier molecular flexibility index (Phi) is 4.65. The minimum Gasteiger partial charge on any atom is -0.367 e. The van der Waals surface area contributed by atoms with Crippen LogP contribution in [0.5, 0.6) is 0 Å². The highest BCUT2D eigenvalue weighted by Gasteiger charge is 2.19. The highest BCUT2D eigenvalue weighted by molar-refractivity contribution is 6.28. The van der Waals surface area contributed by atoms with Crippen molar-refractivity contribution in [1.29, 1.82) is 0 Å². The molecule has 1 rings (SSSR count). The number of rotatable bonds is 5. The second kappa shape index (κ2) is 5.60. The largest absolute Gasteiger partial charge is 0.367 e. The Morgan fingerprint density at radius 1 is 1.47 bits per heavy atom. The molecule has 17 heavy (non-hydrogen) atoms. The summed E-state index contributed by atoms with van der Waals surface area (Å²) in [6, 6.07) is 0. The van der Waals surface area contributed by atoms with Gasteiger partial charge in [-0.2, -0.15) is 4.98 Å². The van der Waals surface area contributed by atoms with Crippen LogP contribution >= 0.6 is 11.6 Å². The maximum absolute atomic E-state index is 13.4. The fourth-order valence-electron chi connectivity index (χ4n) is 1.70. The number of nitrogens with one attached hydrogen (secondary N) is 1. The van der Waals surface area contributed by atoms with Gasteiger partial charge in [-0.15, -0.1) is 0 Å². The topological polar surface area (TPSA) is 41.0 Å². The SMILES string of the molecule is CN(C)CC(C)(C)CNc1nc(Cl)ncc1F. The summed E-state index contributed by atoms with van der Waals surface area (Å²) in [6.45, 7) is 5.69. The van der Waals surface area contributed by atoms with E-state index in [9.17, 15) is 4.39 Å². The van der Waals surface area contributed by atoms with Gasteiger partial charge in [0.15, 0.2) is 11.6 Å². The number of nitrogens with zero attached hydrogens (tertiary/aromatic N) is 3. The van der Waals surface area contributed by atoms with Gasteiger partial charge in [-0.25, -0.2) is 9.37 Å². The Balaban J connectivity index is 2.63. The van der Waals surface area contributed by atoms with Gasteiger partial charge in [-0.3, -0.25) is 0 Å². The van der Waals surface area contributed by atoms with Crippen molar-refractivity contribution in [1.82, 2.24) is 14.9 Å². The fourth-order valence-corrected chi connectivity index (χ4v) is 1.84. The second-order valence-electron chi connectivity index (χ2n) is 5.09. The lowest BCUT2D eigenvalue weighted by Crippen LogP contribution is -2.34. The van der Waals surface area contributed by atoms with Crippen LogP contribution in [0.15, 0.2) is 6.20 Å². The summed E-state index contributed by atoms with van der Waals surface area (Å²) in [5.41, 5.74) is 0.00731. The molecule has 1 aromatic heterocycles. The third-order valence-corrected chi connectivity index (χ3v) is 2.38. The first kappa shape index (κ1) is 14.1. The molecule has 1 N–H and O–H groups in total. The molecule has 0 fully saturated rings. The molecule has 0 aromatic carbocycles. The van der Waals surface area contributed by atoms with Crippen LogP contribution < -0.4 is 5.32 Å². The number of anilines is 1. The molecule has 0 unspecified atom stereocenters. The quantitative estimate of drug-likeness (QED) is 0.825. The zero-order valence-electron chi connectivity index (χ0n) is 10.6. The van der Waals surface area contributed by atoms with Crippen LogP contribution in [0.1, 0.15) is 13.8 Å². The van der Waals surface area contributed by atoms with E-state index in [1.54, 1.807) is 0 Å². The van der Waals surface area contributed by atoms with Gasteiger partial charge in [0.05, 0.1) is 6.20 Å². The molecule has 0 atom stereocenters. The van der Waals surface area contributed by atoms with Gasteiger partial charge in [0.2, 0.25) is 5.28 Å². The minimum absolute atomic E-state index is 0.00731. The van der Waals surface area contributed by atoms with Crippen LogP contribution in [0.4, 0.5) is 10.2 Å². The predicted molar refractivity (Wildman–Crippen MR) is 67.8 cm³/mol. The molecule has 0 radical (unpaired) electrons. The van der Waals surface area contributed by atoms with Gasteiger partial charge in [0.1, 0.15) is 0 Å². The summed E-state index contributed by atoms with van der Waals surface area (Å²) in [4.78, 5) is 9.46. The van der Waals surface area contributed by atoms with Crippen LogP contribution in [0.3, 0.4) is 0 Å². The number of hydrogen-bond donors (Lipinski definition) is 1. The van der Waals surface area contributed by atoms with E-state index < -0.39 is 5.82 Å². The molecule has 1 aromatic rings. The highest BCUT2D eigenvalue weighted by atomic mass is 35.5. The smallest absolute Gasteiger partial charge is 0.224 e. The summed E-state index contributed by atoms with van der Waals surface area (Å²) in [6.07, 6.45) is 1.07. The van der Waals surface area contributed by atoms with E-state index in [2.05, 4.69) is 34.0 Å². The lowest BCUT2D eigenvalue weighted by molar-refractivity contribution is 0.254. The summed E-state index contributed by atoms with van der Waals surface area (Å²) in [5.74, 6) is -0.341. The molecule has 0 aliphatic heterocycles. The van der Waals surface area contributed by atoms with Crippen LogP contribution in [0.25, 0.3) is 0 Å². The molecule has 96 valence electrons. The third kappa shape index (κ3) is 4.83. The van der Waals surface area contributed by atoms with E-state index in [1.165, 1.54) is 0 Å². The van der Waals surface area contributed by atoms with Crippen molar-refractivity contribution in [3.63, 3.8) is 0 Å². The molecule has 6 heteroatoms. The van der Waals surface area contributed by atoms with Crippen molar-refractivity contribution in [2.75, 3.05) is 32.5 Å². The lowest BCUT2D eigenvalue weighted by Gasteiger charge is -2.28. The molecule has 0 bridgehead atoms. The molecule has 4 nitrogen and oxygen atoms in total. The molecule has 0 amide bonds. The first-order valence-electron chi connectivity index (χ1n) is 5.37. The first-order valence-corrected chi connectivity index (χ1v) is 5.74. The summed E-state index contributed by atoms with van der Waals surface area (Å²) >= 11 is 5.61. The molecule has 0 aliphatic carbocycles. The number of hydrogen-bond acceptors (Lipinski definition) is 4. The average Bonchev–Trinajstić information content (AvgIpc) is 2.17. The summed E-state index contributed by atoms with van der Waals surface area (Å²) in [7, 11) is 4.01. The van der Waals surface area contributed by atoms with Crippen LogP contribution in [0, 0.1) is 11.2 Å². The van der Waals surface area contributed by atoms with Crippen molar-refractivity contribution in [2.45, 2.75) is 13.8 Å². The fraction of sp³-hybridized carbons (Fsp3) is 0.636. The van der Waals surface area contributed by atoms with Crippen molar-refractivity contribution in [3.8, 4) is 0 Å². The van der Waals surface area contributed by atoms with Gasteiger partial charge in [0, 0.05) is 13.1 Å². The van der Waals surface area contributed by atoms with Gasteiger partial charge < -0.3 is 10.2 Å². The number of aromatic nitrogens is 2. The maximum atomic E-state index is 13.4. The van der Waals surface area contributed by atoms with Crippen LogP contribution in [-0.2, 0) is 0 Å². The monoisotopic (exact) mass is 260 g/mol. The summed E-state index contributed by atoms with van der Waals surface area (Å²) in [5, 5.41) is 3.00. The summed E-state index contributed by atoms with van der Waals surface area (Å²) < 4.78 is 13.4. The van der Waals surface area contributed by atoms with E-state index in [4.69, 9.17) is 11.6 Å². The lowest BCUT2D eigenvalue weighted by atomic mass is 9.93. The van der Waals surface area contributed by atoms with Crippen LogP contribution in [-0.4, -0.2) is 42.1 Å². The zero-order chi connectivity index (χ0) is 13.1. The Morgan fingerprint density at radius 3 is 2.71 bits per heavy atom. The molecular formula is C11H18ClFN4. The molecule has 0 saturated carbocycles. The van der Waals surface area contributed by atoms with Crippen molar-refractivity contribution in [3.05, 3.63) is 17.3 Å². The maximum Gasteiger partial charge on any atom is 0.224 e. The van der Waals surface area contributed by atoms with E-state index >= 15 is 0 Å². The Hall–Kier alpha value is -0.940. The Labute approximate surface area is 106 Å². The second-order valence-corrected chi connectivity index (χ2v) is 5.43. The molecule has 0 aliphatic rings. The van der Waals surface area contributed by atoms with E-state index in [0.29, 0.717) is 6.54 Å². The number of halogens is 2. The van der Waals surface area contributed by atoms with Crippen molar-refractivity contribution >= 4 is 17.4 Å². The molecular weight excluding hydrogens is 243 g/mol. The van der Waals surface area contributed by atoms with E-state index in [-0.39, 0.29) is 16.5 Å². The van der Waals surface area contributed by atoms with Crippen LogP contribution in [0.2, 0.25) is 5.28 Å². The van der Waals surface area contributed by atoms with E-state index in [0.717, 1.165) is 12.7 Å². The van der Waals surface area contributed by atoms with E-state index in [1.807, 2.05) is 14.1 Å². The third-order valence-electron chi connectivity index (χ3n) is 2.19. The normalized spacial score (nSPS) is 11.9. The molecule has 0 spiro atoms. The molecule has 1 heterocycles. The minimum atomic E-state index is -0.491. The highest BCUT2D eigenvalue weighted by Crippen LogP contribution is 2.18. The van der Waals surface area contributed by atoms with Gasteiger partial charge in [-0.1, -0.05) is 13.8 Å². The average molecular weight is 261 g/mol. The van der Waals surface area contributed by atoms with Crippen molar-refractivity contribution < 1.29 is 4.39 Å². The molecule has 0 saturated heterocycles. The standard InChI is InChI=1S/C11H18ClFN4/c1-11(2,7-17(3)4)6-15-9-8(13)5-14-10(12)16-9/h5H,6-7H2,1-4H3,(H,14,15,16). The zero-order valence-corrected chi connectivity index (χ0v) is 11.3. The Bertz CT molecular complexity index is 382. The van der Waals surface area contributed by atoms with Gasteiger partial charge in [-0.05, 0) is 31.1 Å². The predicted octanol–water partition coefficient (Wildman–Crippen LogP) is 2.27. The first-order chi connectivity index (χ1) is 7.80. The van der Waals surface area contributed by atoms with Gasteiger partial charge in [0.25, 0.3) is 0 Å². The Morgan fingerprint density at radius 2 is 2.12 bits per heavy atom.